The van der Waals surface area contributed by atoms with E-state index in [2.05, 4.69) is 15.5 Å². The molecule has 0 atom stereocenters. The van der Waals surface area contributed by atoms with Crippen LogP contribution >= 0.6 is 11.3 Å². The summed E-state index contributed by atoms with van der Waals surface area (Å²) in [5, 5.41) is 12.5. The van der Waals surface area contributed by atoms with Crippen molar-refractivity contribution in [3.05, 3.63) is 34.6 Å². The zero-order valence-corrected chi connectivity index (χ0v) is 11.0. The second kappa shape index (κ2) is 5.87. The van der Waals surface area contributed by atoms with Gasteiger partial charge < -0.3 is 10.6 Å². The fraction of sp³-hybridized carbons (Fsp3) is 0.182. The van der Waals surface area contributed by atoms with Crippen LogP contribution in [0.1, 0.15) is 16.7 Å². The summed E-state index contributed by atoms with van der Waals surface area (Å²) in [6.07, 6.45) is 0. The van der Waals surface area contributed by atoms with Crippen LogP contribution < -0.4 is 10.6 Å². The molecule has 0 aliphatic rings. The molecule has 0 aliphatic heterocycles. The molecule has 9 heteroatoms. The van der Waals surface area contributed by atoms with Crippen LogP contribution in [0, 0.1) is 17.5 Å². The van der Waals surface area contributed by atoms with Gasteiger partial charge in [0.25, 0.3) is 5.91 Å². The van der Waals surface area contributed by atoms with Crippen LogP contribution in [0.25, 0.3) is 0 Å². The van der Waals surface area contributed by atoms with Gasteiger partial charge in [-0.1, -0.05) is 11.3 Å². The molecule has 0 bridgehead atoms. The SMILES string of the molecule is CCNc1nnc(C(=O)Nc2c(F)cc(F)cc2F)s1. The molecule has 0 spiro atoms. The Kier molecular flexibility index (Phi) is 4.18. The van der Waals surface area contributed by atoms with Gasteiger partial charge in [-0.25, -0.2) is 13.2 Å². The van der Waals surface area contributed by atoms with Gasteiger partial charge in [0, 0.05) is 18.7 Å². The molecule has 0 radical (unpaired) electrons. The minimum Gasteiger partial charge on any atom is -0.360 e. The predicted octanol–water partition coefficient (Wildman–Crippen LogP) is 2.64. The number of hydrogen-bond donors (Lipinski definition) is 2. The molecule has 20 heavy (non-hydrogen) atoms. The lowest BCUT2D eigenvalue weighted by molar-refractivity contribution is 0.102. The van der Waals surface area contributed by atoms with Gasteiger partial charge in [0.05, 0.1) is 0 Å². The molecule has 2 rings (SSSR count). The Morgan fingerprint density at radius 1 is 1.25 bits per heavy atom. The maximum Gasteiger partial charge on any atom is 0.286 e. The Morgan fingerprint density at radius 2 is 1.90 bits per heavy atom. The van der Waals surface area contributed by atoms with Crippen molar-refractivity contribution in [3.8, 4) is 0 Å². The van der Waals surface area contributed by atoms with E-state index in [0.29, 0.717) is 23.8 Å². The van der Waals surface area contributed by atoms with Crippen molar-refractivity contribution in [1.29, 1.82) is 0 Å². The normalized spacial score (nSPS) is 10.4. The second-order valence-corrected chi connectivity index (χ2v) is 4.62. The van der Waals surface area contributed by atoms with Gasteiger partial charge in [-0.3, -0.25) is 4.79 Å². The third-order valence-corrected chi connectivity index (χ3v) is 3.07. The number of carbonyl (C=O) groups is 1. The maximum atomic E-state index is 13.4. The Balaban J connectivity index is 2.19. The van der Waals surface area contributed by atoms with Gasteiger partial charge in [-0.2, -0.15) is 0 Å². The van der Waals surface area contributed by atoms with Crippen molar-refractivity contribution in [2.24, 2.45) is 0 Å². The first-order valence-electron chi connectivity index (χ1n) is 5.54. The summed E-state index contributed by atoms with van der Waals surface area (Å²) in [5.41, 5.74) is -0.725. The monoisotopic (exact) mass is 302 g/mol. The number of anilines is 2. The average Bonchev–Trinajstić information content (AvgIpc) is 2.82. The van der Waals surface area contributed by atoms with Crippen LogP contribution in [0.15, 0.2) is 12.1 Å². The fourth-order valence-corrected chi connectivity index (χ4v) is 2.07. The molecule has 0 aliphatic carbocycles. The smallest absolute Gasteiger partial charge is 0.286 e. The van der Waals surface area contributed by atoms with Crippen molar-refractivity contribution in [2.45, 2.75) is 6.92 Å². The molecule has 0 unspecified atom stereocenters. The molecular weight excluding hydrogens is 293 g/mol. The summed E-state index contributed by atoms with van der Waals surface area (Å²) in [6, 6.07) is 0.950. The molecule has 2 aromatic rings. The number of hydrogen-bond acceptors (Lipinski definition) is 5. The zero-order chi connectivity index (χ0) is 14.7. The number of halogens is 3. The van der Waals surface area contributed by atoms with Crippen molar-refractivity contribution in [1.82, 2.24) is 10.2 Å². The number of nitrogens with zero attached hydrogens (tertiary/aromatic N) is 2. The fourth-order valence-electron chi connectivity index (χ4n) is 1.37. The van der Waals surface area contributed by atoms with Gasteiger partial charge in [0.15, 0.2) is 11.6 Å². The van der Waals surface area contributed by atoms with Crippen molar-refractivity contribution in [2.75, 3.05) is 17.2 Å². The summed E-state index contributed by atoms with van der Waals surface area (Å²) in [5.74, 6) is -4.29. The Morgan fingerprint density at radius 3 is 2.50 bits per heavy atom. The largest absolute Gasteiger partial charge is 0.360 e. The van der Waals surface area contributed by atoms with Gasteiger partial charge in [0.1, 0.15) is 11.5 Å². The number of nitrogens with one attached hydrogen (secondary N) is 2. The second-order valence-electron chi connectivity index (χ2n) is 3.64. The molecule has 1 aromatic heterocycles. The van der Waals surface area contributed by atoms with Crippen LogP contribution in [0.4, 0.5) is 24.0 Å². The van der Waals surface area contributed by atoms with Crippen molar-refractivity contribution in [3.63, 3.8) is 0 Å². The Labute approximate surface area is 115 Å². The first-order chi connectivity index (χ1) is 9.51. The van der Waals surface area contributed by atoms with E-state index in [-0.39, 0.29) is 5.01 Å². The topological polar surface area (TPSA) is 66.9 Å². The minimum atomic E-state index is -1.20. The van der Waals surface area contributed by atoms with Gasteiger partial charge in [0.2, 0.25) is 10.1 Å². The molecule has 0 saturated heterocycles. The maximum absolute atomic E-state index is 13.4. The molecular formula is C11H9F3N4OS. The van der Waals surface area contributed by atoms with E-state index in [1.54, 1.807) is 0 Å². The highest BCUT2D eigenvalue weighted by Gasteiger charge is 2.18. The van der Waals surface area contributed by atoms with Crippen LogP contribution in [0.3, 0.4) is 0 Å². The van der Waals surface area contributed by atoms with Crippen LogP contribution in [0.5, 0.6) is 0 Å². The summed E-state index contributed by atoms with van der Waals surface area (Å²) in [6.45, 7) is 2.43. The number of carbonyl (C=O) groups excluding carboxylic acids is 1. The first-order valence-corrected chi connectivity index (χ1v) is 6.36. The summed E-state index contributed by atoms with van der Waals surface area (Å²) in [7, 11) is 0. The van der Waals surface area contributed by atoms with Gasteiger partial charge >= 0.3 is 0 Å². The zero-order valence-electron chi connectivity index (χ0n) is 10.2. The van der Waals surface area contributed by atoms with E-state index in [9.17, 15) is 18.0 Å². The lowest BCUT2D eigenvalue weighted by Gasteiger charge is -2.05. The molecule has 1 aromatic carbocycles. The summed E-state index contributed by atoms with van der Waals surface area (Å²) < 4.78 is 39.5. The quantitative estimate of drug-likeness (QED) is 0.911. The van der Waals surface area contributed by atoms with Crippen LogP contribution in [-0.2, 0) is 0 Å². The summed E-state index contributed by atoms with van der Waals surface area (Å²) >= 11 is 0.935. The van der Waals surface area contributed by atoms with Crippen molar-refractivity contribution < 1.29 is 18.0 Å². The lowest BCUT2D eigenvalue weighted by atomic mass is 10.2. The molecule has 2 N–H and O–H groups in total. The third kappa shape index (κ3) is 3.05. The lowest BCUT2D eigenvalue weighted by Crippen LogP contribution is -2.14. The highest BCUT2D eigenvalue weighted by molar-refractivity contribution is 7.17. The molecule has 106 valence electrons. The van der Waals surface area contributed by atoms with E-state index in [1.165, 1.54) is 0 Å². The van der Waals surface area contributed by atoms with Gasteiger partial charge in [-0.05, 0) is 6.92 Å². The van der Waals surface area contributed by atoms with E-state index in [1.807, 2.05) is 12.2 Å². The molecule has 0 saturated carbocycles. The third-order valence-electron chi connectivity index (χ3n) is 2.19. The molecule has 0 fully saturated rings. The van der Waals surface area contributed by atoms with E-state index in [4.69, 9.17) is 0 Å². The van der Waals surface area contributed by atoms with E-state index < -0.39 is 29.0 Å². The van der Waals surface area contributed by atoms with Crippen LogP contribution in [0.2, 0.25) is 0 Å². The molecule has 1 heterocycles. The first kappa shape index (κ1) is 14.3. The standard InChI is InChI=1S/C11H9F3N4OS/c1-2-15-11-18-17-10(20-11)9(19)16-8-6(13)3-5(12)4-7(8)14/h3-4H,2H2,1H3,(H,15,18)(H,16,19). The number of benzene rings is 1. The highest BCUT2D eigenvalue weighted by atomic mass is 32.1. The predicted molar refractivity (Wildman–Crippen MR) is 68.3 cm³/mol. The number of amides is 1. The number of aromatic nitrogens is 2. The Bertz CT molecular complexity index is 623. The van der Waals surface area contributed by atoms with Crippen molar-refractivity contribution >= 4 is 28.1 Å². The van der Waals surface area contributed by atoms with E-state index >= 15 is 0 Å². The highest BCUT2D eigenvalue weighted by Crippen LogP contribution is 2.22. The average molecular weight is 302 g/mol. The Hall–Kier alpha value is -2.16. The minimum absolute atomic E-state index is 0.0657. The number of rotatable bonds is 4. The van der Waals surface area contributed by atoms with Gasteiger partial charge in [-0.15, -0.1) is 10.2 Å². The van der Waals surface area contributed by atoms with Crippen LogP contribution in [-0.4, -0.2) is 22.6 Å². The molecule has 1 amide bonds. The molecule has 5 nitrogen and oxygen atoms in total. The summed E-state index contributed by atoms with van der Waals surface area (Å²) in [4.78, 5) is 11.8. The van der Waals surface area contributed by atoms with E-state index in [0.717, 1.165) is 11.3 Å².